The van der Waals surface area contributed by atoms with Gasteiger partial charge in [0.1, 0.15) is 0 Å². The van der Waals surface area contributed by atoms with Gasteiger partial charge in [0.25, 0.3) is 0 Å². The molecule has 0 aromatic heterocycles. The van der Waals surface area contributed by atoms with Gasteiger partial charge in [0.2, 0.25) is 15.9 Å². The van der Waals surface area contributed by atoms with Crippen molar-refractivity contribution in [1.82, 2.24) is 4.31 Å². The molecule has 8 heteroatoms. The van der Waals surface area contributed by atoms with E-state index in [9.17, 15) is 13.2 Å². The molecule has 1 amide bonds. The number of carbonyl (C=O) groups is 1. The lowest BCUT2D eigenvalue weighted by atomic mass is 10.3. The maximum atomic E-state index is 12.3. The number of carbonyl (C=O) groups excluding carboxylic acids is 1. The van der Waals surface area contributed by atoms with Crippen molar-refractivity contribution < 1.29 is 13.2 Å². The predicted molar refractivity (Wildman–Crippen MR) is 99.9 cm³/mol. The molecule has 0 radical (unpaired) electrons. The first kappa shape index (κ1) is 19.0. The van der Waals surface area contributed by atoms with Crippen LogP contribution in [-0.2, 0) is 14.8 Å². The van der Waals surface area contributed by atoms with Crippen LogP contribution in [0.15, 0.2) is 61.6 Å². The maximum Gasteiger partial charge on any atom is 0.242 e. The summed E-state index contributed by atoms with van der Waals surface area (Å²) < 4.78 is 26.6. The van der Waals surface area contributed by atoms with Crippen LogP contribution >= 0.6 is 27.7 Å². The van der Waals surface area contributed by atoms with Gasteiger partial charge in [0, 0.05) is 35.3 Å². The van der Waals surface area contributed by atoms with E-state index in [0.29, 0.717) is 5.69 Å². The van der Waals surface area contributed by atoms with Crippen LogP contribution in [0, 0.1) is 0 Å². The quantitative estimate of drug-likeness (QED) is 0.785. The van der Waals surface area contributed by atoms with E-state index in [1.54, 1.807) is 12.1 Å². The third-order valence-corrected chi connectivity index (χ3v) is 7.01. The predicted octanol–water partition coefficient (Wildman–Crippen LogP) is 3.81. The van der Waals surface area contributed by atoms with E-state index in [1.165, 1.54) is 38.8 Å². The summed E-state index contributed by atoms with van der Waals surface area (Å²) in [4.78, 5) is 13.3. The van der Waals surface area contributed by atoms with Crippen LogP contribution in [0.1, 0.15) is 6.92 Å². The van der Waals surface area contributed by atoms with Crippen LogP contribution in [0.5, 0.6) is 0 Å². The lowest BCUT2D eigenvalue weighted by Crippen LogP contribution is -2.22. The number of hydrogen-bond donors (Lipinski definition) is 1. The number of benzene rings is 2. The van der Waals surface area contributed by atoms with Crippen LogP contribution in [0.2, 0.25) is 0 Å². The molecule has 2 aromatic carbocycles. The first-order valence-corrected chi connectivity index (χ1v) is 10.0. The van der Waals surface area contributed by atoms with Crippen LogP contribution in [0.3, 0.4) is 0 Å². The molecule has 0 fully saturated rings. The summed E-state index contributed by atoms with van der Waals surface area (Å²) in [6.07, 6.45) is 0. The molecule has 0 spiro atoms. The number of nitrogens with one attached hydrogen (secondary N) is 1. The zero-order valence-electron chi connectivity index (χ0n) is 13.4. The highest BCUT2D eigenvalue weighted by Gasteiger charge is 2.19. The Morgan fingerprint density at radius 3 is 2.38 bits per heavy atom. The zero-order chi connectivity index (χ0) is 17.9. The monoisotopic (exact) mass is 428 g/mol. The Hall–Kier alpha value is -1.35. The lowest BCUT2D eigenvalue weighted by Gasteiger charge is -2.15. The van der Waals surface area contributed by atoms with Crippen LogP contribution in [0.25, 0.3) is 0 Å². The number of rotatable bonds is 5. The SMILES string of the molecule is CC(=O)Nc1cc(S(=O)(=O)N(C)C)ccc1Sc1ccccc1Br. The van der Waals surface area contributed by atoms with Crippen molar-refractivity contribution in [2.45, 2.75) is 21.6 Å². The van der Waals surface area contributed by atoms with Gasteiger partial charge in [-0.25, -0.2) is 12.7 Å². The molecule has 0 heterocycles. The maximum absolute atomic E-state index is 12.3. The minimum Gasteiger partial charge on any atom is -0.325 e. The Bertz CT molecular complexity index is 867. The van der Waals surface area contributed by atoms with E-state index in [2.05, 4.69) is 21.2 Å². The Kier molecular flexibility index (Phi) is 6.08. The third kappa shape index (κ3) is 4.38. The molecule has 0 saturated carbocycles. The second-order valence-electron chi connectivity index (χ2n) is 5.16. The Labute approximate surface area is 154 Å². The van der Waals surface area contributed by atoms with Crippen LogP contribution < -0.4 is 5.32 Å². The van der Waals surface area contributed by atoms with Crippen molar-refractivity contribution in [1.29, 1.82) is 0 Å². The van der Waals surface area contributed by atoms with Crippen molar-refractivity contribution in [3.05, 3.63) is 46.9 Å². The number of halogens is 1. The molecule has 0 bridgehead atoms. The van der Waals surface area contributed by atoms with E-state index in [1.807, 2.05) is 24.3 Å². The second kappa shape index (κ2) is 7.69. The topological polar surface area (TPSA) is 66.5 Å². The standard InChI is InChI=1S/C16H17BrN2O3S2/c1-11(20)18-14-10-12(24(21,22)19(2)3)8-9-16(14)23-15-7-5-4-6-13(15)17/h4-10H,1-3H3,(H,18,20). The summed E-state index contributed by atoms with van der Waals surface area (Å²) in [6, 6.07) is 12.4. The number of amides is 1. The van der Waals surface area contributed by atoms with Gasteiger partial charge in [0.05, 0.1) is 10.6 Å². The normalized spacial score (nSPS) is 11.5. The summed E-state index contributed by atoms with van der Waals surface area (Å²) >= 11 is 4.92. The van der Waals surface area contributed by atoms with E-state index < -0.39 is 10.0 Å². The number of hydrogen-bond acceptors (Lipinski definition) is 4. The average Bonchev–Trinajstić information content (AvgIpc) is 2.50. The van der Waals surface area contributed by atoms with Crippen LogP contribution in [0.4, 0.5) is 5.69 Å². The van der Waals surface area contributed by atoms with Gasteiger partial charge in [-0.3, -0.25) is 4.79 Å². The molecular formula is C16H17BrN2O3S2. The molecule has 0 unspecified atom stereocenters. The van der Waals surface area contributed by atoms with Gasteiger partial charge in [-0.05, 0) is 46.3 Å². The van der Waals surface area contributed by atoms with E-state index in [4.69, 9.17) is 0 Å². The zero-order valence-corrected chi connectivity index (χ0v) is 16.6. The molecular weight excluding hydrogens is 412 g/mol. The van der Waals surface area contributed by atoms with E-state index >= 15 is 0 Å². The summed E-state index contributed by atoms with van der Waals surface area (Å²) in [5, 5.41) is 2.71. The van der Waals surface area contributed by atoms with Crippen molar-refractivity contribution >= 4 is 49.3 Å². The lowest BCUT2D eigenvalue weighted by molar-refractivity contribution is -0.114. The minimum atomic E-state index is -3.57. The third-order valence-electron chi connectivity index (χ3n) is 3.10. The van der Waals surface area contributed by atoms with Crippen molar-refractivity contribution in [3.63, 3.8) is 0 Å². The minimum absolute atomic E-state index is 0.132. The fourth-order valence-electron chi connectivity index (χ4n) is 1.90. The van der Waals surface area contributed by atoms with Gasteiger partial charge in [-0.15, -0.1) is 0 Å². The van der Waals surface area contributed by atoms with Gasteiger partial charge < -0.3 is 5.32 Å². The Balaban J connectivity index is 2.48. The van der Waals surface area contributed by atoms with E-state index in [-0.39, 0.29) is 10.8 Å². The van der Waals surface area contributed by atoms with Crippen molar-refractivity contribution in [2.75, 3.05) is 19.4 Å². The van der Waals surface area contributed by atoms with Gasteiger partial charge >= 0.3 is 0 Å². The highest BCUT2D eigenvalue weighted by atomic mass is 79.9. The molecule has 0 aliphatic carbocycles. The smallest absolute Gasteiger partial charge is 0.242 e. The molecule has 24 heavy (non-hydrogen) atoms. The molecule has 0 aliphatic rings. The molecule has 0 atom stereocenters. The largest absolute Gasteiger partial charge is 0.325 e. The highest BCUT2D eigenvalue weighted by molar-refractivity contribution is 9.10. The molecule has 2 rings (SSSR count). The molecule has 5 nitrogen and oxygen atoms in total. The molecule has 2 aromatic rings. The fourth-order valence-corrected chi connectivity index (χ4v) is 4.26. The molecule has 128 valence electrons. The summed E-state index contributed by atoms with van der Waals surface area (Å²) in [5.74, 6) is -0.261. The first-order valence-electron chi connectivity index (χ1n) is 6.98. The number of nitrogens with zero attached hydrogens (tertiary/aromatic N) is 1. The second-order valence-corrected chi connectivity index (χ2v) is 9.25. The van der Waals surface area contributed by atoms with Gasteiger partial charge in [0.15, 0.2) is 0 Å². The summed E-state index contributed by atoms with van der Waals surface area (Å²) in [5.41, 5.74) is 0.464. The molecule has 0 saturated heterocycles. The van der Waals surface area contributed by atoms with Crippen molar-refractivity contribution in [3.8, 4) is 0 Å². The van der Waals surface area contributed by atoms with Gasteiger partial charge in [-0.2, -0.15) is 0 Å². The first-order chi connectivity index (χ1) is 11.2. The number of sulfonamides is 1. The van der Waals surface area contributed by atoms with Crippen molar-refractivity contribution in [2.24, 2.45) is 0 Å². The van der Waals surface area contributed by atoms with Gasteiger partial charge in [-0.1, -0.05) is 23.9 Å². The average molecular weight is 429 g/mol. The van der Waals surface area contributed by atoms with Crippen LogP contribution in [-0.4, -0.2) is 32.7 Å². The van der Waals surface area contributed by atoms with E-state index in [0.717, 1.165) is 18.6 Å². The summed E-state index contributed by atoms with van der Waals surface area (Å²) in [7, 11) is -0.631. The molecule has 1 N–H and O–H groups in total. The highest BCUT2D eigenvalue weighted by Crippen LogP contribution is 2.38. The fraction of sp³-hybridized carbons (Fsp3) is 0.188. The Morgan fingerprint density at radius 1 is 1.12 bits per heavy atom. The molecule has 0 aliphatic heterocycles. The summed E-state index contributed by atoms with van der Waals surface area (Å²) in [6.45, 7) is 1.39. The number of anilines is 1. The Morgan fingerprint density at radius 2 is 1.79 bits per heavy atom.